The van der Waals surface area contributed by atoms with Crippen LogP contribution in [0.25, 0.3) is 0 Å². The van der Waals surface area contributed by atoms with Crippen LogP contribution >= 0.6 is 0 Å². The quantitative estimate of drug-likeness (QED) is 0.0644. The Morgan fingerprint density at radius 3 is 1.55 bits per heavy atom. The Morgan fingerprint density at radius 2 is 1.03 bits per heavy atom. The Morgan fingerprint density at radius 1 is 0.567 bits per heavy atom. The SMILES string of the molecule is C=C1CC2CCC3[C@](C)(C(=O)OC4OC(CO)C(O)C(OC5OC(CO)C(O)C(O)C5O)C4OC4OC(CO)C(O)C(O)C4O)CCC[C@@]3(C)[C@@H]2CCC1(C)OC1OC(CO)C(O)C(O)C1O. The largest absolute Gasteiger partial charge is 0.432 e. The fourth-order valence-electron chi connectivity index (χ4n) is 12.2. The average molecular weight is 969 g/mol. The van der Waals surface area contributed by atoms with Gasteiger partial charge in [0, 0.05) is 0 Å². The molecule has 0 aromatic heterocycles. The molecule has 3 aliphatic carbocycles. The van der Waals surface area contributed by atoms with Crippen LogP contribution in [0.5, 0.6) is 0 Å². The van der Waals surface area contributed by atoms with Crippen molar-refractivity contribution in [3.8, 4) is 0 Å². The third kappa shape index (κ3) is 9.74. The van der Waals surface area contributed by atoms with Crippen LogP contribution in [0.1, 0.15) is 72.1 Å². The maximum absolute atomic E-state index is 15.0. The van der Waals surface area contributed by atoms with E-state index in [-0.39, 0.29) is 17.8 Å². The van der Waals surface area contributed by atoms with E-state index in [2.05, 4.69) is 13.5 Å². The second kappa shape index (κ2) is 20.8. The van der Waals surface area contributed by atoms with Gasteiger partial charge in [-0.15, -0.1) is 0 Å². The summed E-state index contributed by atoms with van der Waals surface area (Å²) < 4.78 is 47.6. The minimum atomic E-state index is -2.01. The van der Waals surface area contributed by atoms with Gasteiger partial charge < -0.3 is 109 Å². The van der Waals surface area contributed by atoms with E-state index in [4.69, 9.17) is 37.9 Å². The molecule has 0 spiro atoms. The van der Waals surface area contributed by atoms with E-state index >= 15 is 4.79 Å². The molecule has 0 bridgehead atoms. The fourth-order valence-corrected chi connectivity index (χ4v) is 12.2. The van der Waals surface area contributed by atoms with Gasteiger partial charge in [-0.25, -0.2) is 0 Å². The first-order chi connectivity index (χ1) is 31.6. The highest BCUT2D eigenvalue weighted by Crippen LogP contribution is 2.65. The zero-order valence-electron chi connectivity index (χ0n) is 37.9. The number of fused-ring (bicyclic) bond motifs is 3. The molecule has 67 heavy (non-hydrogen) atoms. The zero-order chi connectivity index (χ0) is 49.1. The van der Waals surface area contributed by atoms with Gasteiger partial charge in [0.05, 0.1) is 37.4 Å². The molecule has 23 heteroatoms. The second-order valence-electron chi connectivity index (χ2n) is 20.4. The molecule has 4 aliphatic heterocycles. The molecule has 386 valence electrons. The van der Waals surface area contributed by atoms with Crippen molar-refractivity contribution in [3.63, 3.8) is 0 Å². The molecule has 14 N–H and O–H groups in total. The zero-order valence-corrected chi connectivity index (χ0v) is 37.9. The highest BCUT2D eigenvalue weighted by molar-refractivity contribution is 5.77. The molecular formula is C44H72O23. The first-order valence-corrected chi connectivity index (χ1v) is 23.3. The van der Waals surface area contributed by atoms with Crippen LogP contribution in [-0.2, 0) is 42.7 Å². The molecule has 26 atom stereocenters. The van der Waals surface area contributed by atoms with Gasteiger partial charge in [0.2, 0.25) is 6.29 Å². The van der Waals surface area contributed by atoms with Gasteiger partial charge in [-0.05, 0) is 87.5 Å². The normalized spacial score (nSPS) is 53.0. The average Bonchev–Trinajstić information content (AvgIpc) is 3.43. The van der Waals surface area contributed by atoms with Gasteiger partial charge in [0.15, 0.2) is 25.0 Å². The summed E-state index contributed by atoms with van der Waals surface area (Å²) in [5.74, 6) is -0.922. The summed E-state index contributed by atoms with van der Waals surface area (Å²) in [6.45, 7) is 6.97. The number of hydrogen-bond acceptors (Lipinski definition) is 23. The third-order valence-electron chi connectivity index (χ3n) is 16.4. The van der Waals surface area contributed by atoms with Crippen LogP contribution in [0.4, 0.5) is 0 Å². The number of carbonyl (C=O) groups is 1. The molecule has 4 heterocycles. The van der Waals surface area contributed by atoms with Crippen LogP contribution < -0.4 is 0 Å². The molecule has 7 rings (SSSR count). The highest BCUT2D eigenvalue weighted by atomic mass is 16.8. The van der Waals surface area contributed by atoms with E-state index < -0.39 is 172 Å². The van der Waals surface area contributed by atoms with Crippen molar-refractivity contribution in [1.29, 1.82) is 0 Å². The number of aliphatic hydroxyl groups is 14. The van der Waals surface area contributed by atoms with Gasteiger partial charge in [-0.2, -0.15) is 0 Å². The number of ether oxygens (including phenoxy) is 8. The number of aliphatic hydroxyl groups excluding tert-OH is 14. The number of carbonyl (C=O) groups excluding carboxylic acids is 1. The molecule has 0 amide bonds. The van der Waals surface area contributed by atoms with Gasteiger partial charge >= 0.3 is 5.97 Å². The molecule has 7 fully saturated rings. The summed E-state index contributed by atoms with van der Waals surface area (Å²) in [4.78, 5) is 15.0. The maximum atomic E-state index is 15.0. The maximum Gasteiger partial charge on any atom is 0.314 e. The lowest BCUT2D eigenvalue weighted by molar-refractivity contribution is -0.388. The Labute approximate surface area is 387 Å². The van der Waals surface area contributed by atoms with Gasteiger partial charge in [-0.3, -0.25) is 4.79 Å². The summed E-state index contributed by atoms with van der Waals surface area (Å²) in [5, 5.41) is 147. The van der Waals surface area contributed by atoms with E-state index in [9.17, 15) is 71.5 Å². The predicted molar refractivity (Wildman–Crippen MR) is 221 cm³/mol. The van der Waals surface area contributed by atoms with Crippen molar-refractivity contribution in [3.05, 3.63) is 12.2 Å². The Bertz CT molecular complexity index is 1690. The van der Waals surface area contributed by atoms with Crippen molar-refractivity contribution in [2.24, 2.45) is 28.6 Å². The number of rotatable bonds is 12. The first kappa shape index (κ1) is 53.2. The van der Waals surface area contributed by atoms with E-state index in [0.29, 0.717) is 44.9 Å². The molecule has 7 aliphatic rings. The van der Waals surface area contributed by atoms with Crippen LogP contribution in [0.3, 0.4) is 0 Å². The molecule has 0 radical (unpaired) electrons. The highest BCUT2D eigenvalue weighted by Gasteiger charge is 2.62. The summed E-state index contributed by atoms with van der Waals surface area (Å²) in [7, 11) is 0. The number of esters is 1. The first-order valence-electron chi connectivity index (χ1n) is 23.3. The van der Waals surface area contributed by atoms with Crippen LogP contribution in [0.15, 0.2) is 12.2 Å². The van der Waals surface area contributed by atoms with Gasteiger partial charge in [0.25, 0.3) is 0 Å². The molecule has 23 nitrogen and oxygen atoms in total. The van der Waals surface area contributed by atoms with E-state index in [1.807, 2.05) is 6.92 Å². The summed E-state index contributed by atoms with van der Waals surface area (Å²) >= 11 is 0. The summed E-state index contributed by atoms with van der Waals surface area (Å²) in [5.41, 5.74) is -1.99. The molecule has 0 aromatic carbocycles. The lowest BCUT2D eigenvalue weighted by Crippen LogP contribution is -2.67. The lowest BCUT2D eigenvalue weighted by atomic mass is 9.45. The van der Waals surface area contributed by atoms with E-state index in [0.717, 1.165) is 12.0 Å². The molecule has 3 saturated carbocycles. The molecule has 23 unspecified atom stereocenters. The van der Waals surface area contributed by atoms with Crippen molar-refractivity contribution in [2.45, 2.75) is 201 Å². The van der Waals surface area contributed by atoms with E-state index in [1.54, 1.807) is 6.92 Å². The van der Waals surface area contributed by atoms with E-state index in [1.165, 1.54) is 0 Å². The smallest absolute Gasteiger partial charge is 0.314 e. The third-order valence-corrected chi connectivity index (χ3v) is 16.4. The minimum absolute atomic E-state index is 0.0223. The van der Waals surface area contributed by atoms with Crippen molar-refractivity contribution in [1.82, 2.24) is 0 Å². The van der Waals surface area contributed by atoms with Crippen LogP contribution in [-0.4, -0.2) is 232 Å². The minimum Gasteiger partial charge on any atom is -0.432 e. The van der Waals surface area contributed by atoms with Crippen LogP contribution in [0, 0.1) is 28.6 Å². The number of hydrogen-bond donors (Lipinski definition) is 14. The Balaban J connectivity index is 1.15. The standard InChI is InChI=1S/C44H72O23/c1-17-12-18-6-7-24-42(2,19(18)8-11-44(17,4)67-39-34(58)31(55)27(51)22(15-47)62-39)9-5-10-43(24,3)41(59)66-40-36(65-38-33(57)30(54)26(50)21(14-46)61-38)35(28(52)23(16-48)63-40)64-37-32(56)29(53)25(49)20(13-45)60-37/h18-40,45-58H,1,5-16H2,2-4H3/t18?,19-,20?,21?,22?,23?,24?,25?,26?,27?,28?,29?,30?,31?,32?,33?,34?,35?,36?,37?,38?,39?,40?,42+,43-,44?/m1/s1. The predicted octanol–water partition coefficient (Wildman–Crippen LogP) is -4.87. The summed E-state index contributed by atoms with van der Waals surface area (Å²) in [6, 6.07) is 0. The van der Waals surface area contributed by atoms with Crippen molar-refractivity contribution < 1.29 is 114 Å². The van der Waals surface area contributed by atoms with Crippen molar-refractivity contribution >= 4 is 5.97 Å². The Hall–Kier alpha value is -1.63. The second-order valence-corrected chi connectivity index (χ2v) is 20.4. The van der Waals surface area contributed by atoms with Crippen LogP contribution in [0.2, 0.25) is 0 Å². The topological polar surface area (TPSA) is 374 Å². The summed E-state index contributed by atoms with van der Waals surface area (Å²) in [6.07, 6.45) is -30.1. The monoisotopic (exact) mass is 968 g/mol. The fraction of sp³-hybridized carbons (Fsp3) is 0.932. The van der Waals surface area contributed by atoms with Crippen molar-refractivity contribution in [2.75, 3.05) is 26.4 Å². The molecule has 0 aromatic rings. The molecular weight excluding hydrogens is 896 g/mol. The van der Waals surface area contributed by atoms with Gasteiger partial charge in [-0.1, -0.05) is 19.9 Å². The molecule has 4 saturated heterocycles. The van der Waals surface area contributed by atoms with Gasteiger partial charge in [0.1, 0.15) is 91.6 Å². The lowest BCUT2D eigenvalue weighted by Gasteiger charge is -2.59. The Kier molecular flexibility index (Phi) is 16.5.